The summed E-state index contributed by atoms with van der Waals surface area (Å²) in [4.78, 5) is 26.0. The Labute approximate surface area is 173 Å². The Balaban J connectivity index is 1.91. The highest BCUT2D eigenvalue weighted by Crippen LogP contribution is 2.66. The third-order valence-electron chi connectivity index (χ3n) is 8.08. The quantitative estimate of drug-likeness (QED) is 0.497. The minimum atomic E-state index is -0.900. The molecule has 162 valence electrons. The van der Waals surface area contributed by atoms with E-state index in [1.54, 1.807) is 0 Å². The number of unbranched alkanes of at least 4 members (excludes halogenated alkanes) is 1. The van der Waals surface area contributed by atoms with Gasteiger partial charge in [-0.15, -0.1) is 0 Å². The largest absolute Gasteiger partial charge is 0.469 e. The number of allylic oxidation sites excluding steroid dienone is 1. The lowest BCUT2D eigenvalue weighted by molar-refractivity contribution is -0.279. The van der Waals surface area contributed by atoms with Gasteiger partial charge in [-0.05, 0) is 43.1 Å². The fraction of sp³-hybridized carbons (Fsp3) is 0.826. The van der Waals surface area contributed by atoms with Gasteiger partial charge in [0.2, 0.25) is 0 Å². The van der Waals surface area contributed by atoms with E-state index in [4.69, 9.17) is 18.9 Å². The molecule has 2 saturated heterocycles. The van der Waals surface area contributed by atoms with E-state index in [1.165, 1.54) is 19.8 Å². The van der Waals surface area contributed by atoms with Crippen LogP contribution in [0, 0.1) is 35.0 Å². The van der Waals surface area contributed by atoms with Gasteiger partial charge in [0.05, 0.1) is 39.3 Å². The van der Waals surface area contributed by atoms with E-state index in [1.807, 2.05) is 0 Å². The summed E-state index contributed by atoms with van der Waals surface area (Å²) in [5, 5.41) is 0. The van der Waals surface area contributed by atoms with E-state index in [-0.39, 0.29) is 29.2 Å². The van der Waals surface area contributed by atoms with E-state index >= 15 is 0 Å². The standard InChI is InChI=1S/C23H34O6/c1-5-7-8-14-11-17-22(6-2)12-16(20(24)26-3)18(21(25)27-4)19-15(14)9-10-28-23(17,19)29-13-22/h11,14-16,18-19H,5-10,12-13H2,1-4H3/t14?,15?,16?,18?,19?,22-,23?/m0/s1. The second-order valence-electron chi connectivity index (χ2n) is 9.19. The van der Waals surface area contributed by atoms with Crippen molar-refractivity contribution in [1.29, 1.82) is 0 Å². The molecule has 29 heavy (non-hydrogen) atoms. The molecule has 1 spiro atoms. The highest BCUT2D eigenvalue weighted by atomic mass is 16.7. The predicted octanol–water partition coefficient (Wildman–Crippen LogP) is 3.49. The number of rotatable bonds is 6. The van der Waals surface area contributed by atoms with E-state index in [9.17, 15) is 9.59 Å². The molecule has 0 aromatic heterocycles. The molecule has 7 atom stereocenters. The van der Waals surface area contributed by atoms with Crippen molar-refractivity contribution in [3.05, 3.63) is 11.6 Å². The Morgan fingerprint density at radius 2 is 1.93 bits per heavy atom. The molecular weight excluding hydrogens is 372 g/mol. The van der Waals surface area contributed by atoms with Gasteiger partial charge in [-0.3, -0.25) is 9.59 Å². The smallest absolute Gasteiger partial charge is 0.310 e. The Kier molecular flexibility index (Phi) is 5.53. The summed E-state index contributed by atoms with van der Waals surface area (Å²) in [5.41, 5.74) is 0.877. The Morgan fingerprint density at radius 3 is 2.59 bits per heavy atom. The van der Waals surface area contributed by atoms with Crippen molar-refractivity contribution in [2.24, 2.45) is 35.0 Å². The second kappa shape index (κ2) is 7.69. The van der Waals surface area contributed by atoms with Gasteiger partial charge < -0.3 is 18.9 Å². The molecule has 4 rings (SSSR count). The van der Waals surface area contributed by atoms with Crippen LogP contribution in [-0.4, -0.2) is 45.2 Å². The molecule has 3 fully saturated rings. The molecular formula is C23H34O6. The number of hydrogen-bond donors (Lipinski definition) is 0. The lowest BCUT2D eigenvalue weighted by Gasteiger charge is -2.53. The molecule has 0 N–H and O–H groups in total. The fourth-order valence-electron chi connectivity index (χ4n) is 6.65. The molecule has 5 bridgehead atoms. The van der Waals surface area contributed by atoms with E-state index in [0.29, 0.717) is 25.6 Å². The fourth-order valence-corrected chi connectivity index (χ4v) is 6.65. The summed E-state index contributed by atoms with van der Waals surface area (Å²) in [6, 6.07) is 0. The van der Waals surface area contributed by atoms with Crippen LogP contribution in [0.2, 0.25) is 0 Å². The topological polar surface area (TPSA) is 71.1 Å². The van der Waals surface area contributed by atoms with Crippen molar-refractivity contribution < 1.29 is 28.5 Å². The molecule has 0 aromatic rings. The molecule has 0 aromatic carbocycles. The minimum absolute atomic E-state index is 0.217. The van der Waals surface area contributed by atoms with Gasteiger partial charge in [0.1, 0.15) is 0 Å². The normalized spacial score (nSPS) is 42.6. The maximum Gasteiger partial charge on any atom is 0.310 e. The molecule has 6 unspecified atom stereocenters. The lowest BCUT2D eigenvalue weighted by atomic mass is 9.60. The van der Waals surface area contributed by atoms with Crippen LogP contribution in [0.1, 0.15) is 52.4 Å². The SMILES string of the molecule is CCCCC1C=C2C34OCCC1C3C(C(=O)OC)C(C(=O)OC)C[C@@]2(CC)CO4. The zero-order chi connectivity index (χ0) is 20.8. The van der Waals surface area contributed by atoms with E-state index in [2.05, 4.69) is 19.9 Å². The number of hydrogen-bond acceptors (Lipinski definition) is 6. The van der Waals surface area contributed by atoms with Gasteiger partial charge in [-0.25, -0.2) is 0 Å². The molecule has 6 nitrogen and oxygen atoms in total. The number of methoxy groups -OCH3 is 2. The first-order chi connectivity index (χ1) is 14.0. The van der Waals surface area contributed by atoms with Gasteiger partial charge in [0, 0.05) is 11.3 Å². The van der Waals surface area contributed by atoms with Crippen molar-refractivity contribution in [2.45, 2.75) is 58.2 Å². The summed E-state index contributed by atoms with van der Waals surface area (Å²) in [5.74, 6) is -2.33. The lowest BCUT2D eigenvalue weighted by Crippen LogP contribution is -2.58. The molecule has 2 heterocycles. The van der Waals surface area contributed by atoms with Crippen molar-refractivity contribution >= 4 is 11.9 Å². The van der Waals surface area contributed by atoms with Crippen LogP contribution in [0.25, 0.3) is 0 Å². The van der Waals surface area contributed by atoms with Crippen molar-refractivity contribution in [1.82, 2.24) is 0 Å². The van der Waals surface area contributed by atoms with Crippen molar-refractivity contribution in [3.8, 4) is 0 Å². The van der Waals surface area contributed by atoms with Gasteiger partial charge in [0.25, 0.3) is 0 Å². The van der Waals surface area contributed by atoms with Crippen molar-refractivity contribution in [2.75, 3.05) is 27.4 Å². The van der Waals surface area contributed by atoms with Crippen LogP contribution < -0.4 is 0 Å². The summed E-state index contributed by atoms with van der Waals surface area (Å²) in [6.07, 6.45) is 8.02. The van der Waals surface area contributed by atoms with E-state index < -0.39 is 17.6 Å². The molecule has 6 heteroatoms. The highest BCUT2D eigenvalue weighted by molar-refractivity contribution is 5.83. The van der Waals surface area contributed by atoms with Crippen molar-refractivity contribution in [3.63, 3.8) is 0 Å². The summed E-state index contributed by atoms with van der Waals surface area (Å²) in [6.45, 7) is 5.50. The van der Waals surface area contributed by atoms with Gasteiger partial charge >= 0.3 is 11.9 Å². The maximum atomic E-state index is 13.1. The first-order valence-electron chi connectivity index (χ1n) is 11.1. The summed E-state index contributed by atoms with van der Waals surface area (Å²) < 4.78 is 23.3. The Morgan fingerprint density at radius 1 is 1.17 bits per heavy atom. The average molecular weight is 407 g/mol. The number of ether oxygens (including phenoxy) is 4. The zero-order valence-electron chi connectivity index (χ0n) is 18.1. The maximum absolute atomic E-state index is 13.1. The van der Waals surface area contributed by atoms with Crippen LogP contribution in [0.3, 0.4) is 0 Å². The van der Waals surface area contributed by atoms with Crippen LogP contribution >= 0.6 is 0 Å². The third kappa shape index (κ3) is 2.89. The summed E-state index contributed by atoms with van der Waals surface area (Å²) in [7, 11) is 2.80. The highest BCUT2D eigenvalue weighted by Gasteiger charge is 2.70. The molecule has 0 amide bonds. The molecule has 2 aliphatic carbocycles. The van der Waals surface area contributed by atoms with Crippen LogP contribution in [0.4, 0.5) is 0 Å². The monoisotopic (exact) mass is 406 g/mol. The van der Waals surface area contributed by atoms with Gasteiger partial charge in [-0.1, -0.05) is 32.8 Å². The predicted molar refractivity (Wildman–Crippen MR) is 106 cm³/mol. The minimum Gasteiger partial charge on any atom is -0.469 e. The summed E-state index contributed by atoms with van der Waals surface area (Å²) >= 11 is 0. The average Bonchev–Trinajstić information content (AvgIpc) is 2.99. The van der Waals surface area contributed by atoms with E-state index in [0.717, 1.165) is 32.1 Å². The van der Waals surface area contributed by atoms with Crippen LogP contribution in [0.15, 0.2) is 11.6 Å². The Hall–Kier alpha value is -1.40. The zero-order valence-corrected chi connectivity index (χ0v) is 18.1. The second-order valence-corrected chi connectivity index (χ2v) is 9.19. The van der Waals surface area contributed by atoms with Gasteiger partial charge in [-0.2, -0.15) is 0 Å². The first-order valence-corrected chi connectivity index (χ1v) is 11.1. The molecule has 1 saturated carbocycles. The first kappa shape index (κ1) is 20.9. The number of carbonyl (C=O) groups excluding carboxylic acids is 2. The number of esters is 2. The van der Waals surface area contributed by atoms with Gasteiger partial charge in [0.15, 0.2) is 5.79 Å². The van der Waals surface area contributed by atoms with Crippen LogP contribution in [0.5, 0.6) is 0 Å². The number of carbonyl (C=O) groups is 2. The molecule has 0 radical (unpaired) electrons. The molecule has 4 aliphatic rings. The molecule has 2 aliphatic heterocycles. The van der Waals surface area contributed by atoms with Crippen LogP contribution in [-0.2, 0) is 28.5 Å². The Bertz CT molecular complexity index is 701. The third-order valence-corrected chi connectivity index (χ3v) is 8.08.